The molecule has 0 atom stereocenters. The predicted octanol–water partition coefficient (Wildman–Crippen LogP) is 1.50. The van der Waals surface area contributed by atoms with Crippen molar-refractivity contribution in [2.45, 2.75) is 39.8 Å². The summed E-state index contributed by atoms with van der Waals surface area (Å²) >= 11 is 0. The Morgan fingerprint density at radius 3 is 2.82 bits per heavy atom. The van der Waals surface area contributed by atoms with Crippen molar-refractivity contribution < 1.29 is 4.42 Å². The van der Waals surface area contributed by atoms with Crippen LogP contribution in [0.1, 0.15) is 36.8 Å². The van der Waals surface area contributed by atoms with Crippen molar-refractivity contribution in [2.75, 3.05) is 0 Å². The van der Waals surface area contributed by atoms with Gasteiger partial charge in [0.1, 0.15) is 18.1 Å². The van der Waals surface area contributed by atoms with Crippen molar-refractivity contribution in [3.05, 3.63) is 35.3 Å². The van der Waals surface area contributed by atoms with Gasteiger partial charge in [0.15, 0.2) is 5.82 Å². The van der Waals surface area contributed by atoms with E-state index in [2.05, 4.69) is 23.9 Å². The Bertz CT molecular complexity index is 486. The molecule has 0 bridgehead atoms. The number of rotatable bonds is 5. The van der Waals surface area contributed by atoms with Crippen LogP contribution in [-0.4, -0.2) is 14.8 Å². The molecule has 2 aromatic heterocycles. The van der Waals surface area contributed by atoms with Crippen molar-refractivity contribution in [2.24, 2.45) is 5.73 Å². The summed E-state index contributed by atoms with van der Waals surface area (Å²) in [6.07, 6.45) is 3.38. The molecule has 17 heavy (non-hydrogen) atoms. The molecule has 92 valence electrons. The highest BCUT2D eigenvalue weighted by Crippen LogP contribution is 2.12. The molecule has 0 radical (unpaired) electrons. The first-order valence-electron chi connectivity index (χ1n) is 5.96. The fourth-order valence-electron chi connectivity index (χ4n) is 1.79. The number of hydrogen-bond donors (Lipinski definition) is 1. The van der Waals surface area contributed by atoms with Gasteiger partial charge >= 0.3 is 0 Å². The van der Waals surface area contributed by atoms with Gasteiger partial charge in [0.25, 0.3) is 0 Å². The molecule has 0 saturated heterocycles. The highest BCUT2D eigenvalue weighted by Gasteiger charge is 2.11. The third kappa shape index (κ3) is 2.39. The van der Waals surface area contributed by atoms with E-state index in [0.29, 0.717) is 13.1 Å². The third-order valence-corrected chi connectivity index (χ3v) is 2.78. The number of hydrogen-bond acceptors (Lipinski definition) is 4. The summed E-state index contributed by atoms with van der Waals surface area (Å²) in [6, 6.07) is 1.90. The molecule has 5 nitrogen and oxygen atoms in total. The Kier molecular flexibility index (Phi) is 3.58. The van der Waals surface area contributed by atoms with E-state index >= 15 is 0 Å². The molecule has 2 rings (SSSR count). The first-order chi connectivity index (χ1) is 8.28. The van der Waals surface area contributed by atoms with Crippen LogP contribution in [0.4, 0.5) is 0 Å². The van der Waals surface area contributed by atoms with Crippen LogP contribution in [0.15, 0.2) is 16.7 Å². The van der Waals surface area contributed by atoms with E-state index in [4.69, 9.17) is 10.2 Å². The summed E-state index contributed by atoms with van der Waals surface area (Å²) in [6.45, 7) is 5.22. The SMILES string of the molecule is CCc1nc(CC)n(Cc2occc2CN)n1. The number of furan rings is 1. The Balaban J connectivity index is 2.25. The fraction of sp³-hybridized carbons (Fsp3) is 0.500. The van der Waals surface area contributed by atoms with Crippen molar-refractivity contribution in [1.82, 2.24) is 14.8 Å². The zero-order chi connectivity index (χ0) is 12.3. The maximum absolute atomic E-state index is 5.65. The van der Waals surface area contributed by atoms with E-state index < -0.39 is 0 Å². The molecule has 0 fully saturated rings. The van der Waals surface area contributed by atoms with Crippen LogP contribution in [0.3, 0.4) is 0 Å². The van der Waals surface area contributed by atoms with Crippen LogP contribution in [0.2, 0.25) is 0 Å². The summed E-state index contributed by atoms with van der Waals surface area (Å²) in [7, 11) is 0. The van der Waals surface area contributed by atoms with E-state index in [-0.39, 0.29) is 0 Å². The summed E-state index contributed by atoms with van der Waals surface area (Å²) < 4.78 is 7.33. The number of nitrogens with zero attached hydrogens (tertiary/aromatic N) is 3. The molecule has 0 amide bonds. The van der Waals surface area contributed by atoms with Gasteiger partial charge in [0, 0.05) is 24.9 Å². The van der Waals surface area contributed by atoms with E-state index in [1.807, 2.05) is 10.7 Å². The summed E-state index contributed by atoms with van der Waals surface area (Å²) in [4.78, 5) is 4.46. The van der Waals surface area contributed by atoms with Crippen molar-refractivity contribution in [3.63, 3.8) is 0 Å². The molecule has 5 heteroatoms. The van der Waals surface area contributed by atoms with Crippen LogP contribution in [0.25, 0.3) is 0 Å². The van der Waals surface area contributed by atoms with Crippen LogP contribution in [0, 0.1) is 0 Å². The van der Waals surface area contributed by atoms with Gasteiger partial charge in [0.05, 0.1) is 6.26 Å². The minimum atomic E-state index is 0.489. The highest BCUT2D eigenvalue weighted by atomic mass is 16.3. The molecular formula is C12H18N4O. The molecule has 2 heterocycles. The molecule has 0 saturated carbocycles. The Hall–Kier alpha value is -1.62. The number of aromatic nitrogens is 3. The van der Waals surface area contributed by atoms with Crippen LogP contribution >= 0.6 is 0 Å². The van der Waals surface area contributed by atoms with Gasteiger partial charge in [0.2, 0.25) is 0 Å². The lowest BCUT2D eigenvalue weighted by Crippen LogP contribution is -2.08. The van der Waals surface area contributed by atoms with Crippen LogP contribution in [0.5, 0.6) is 0 Å². The summed E-state index contributed by atoms with van der Waals surface area (Å²) in [5, 5.41) is 4.45. The van der Waals surface area contributed by atoms with Crippen LogP contribution in [-0.2, 0) is 25.9 Å². The molecule has 0 aliphatic carbocycles. The lowest BCUT2D eigenvalue weighted by Gasteiger charge is -2.03. The highest BCUT2D eigenvalue weighted by molar-refractivity contribution is 5.17. The monoisotopic (exact) mass is 234 g/mol. The minimum absolute atomic E-state index is 0.489. The maximum atomic E-state index is 5.65. The zero-order valence-corrected chi connectivity index (χ0v) is 10.3. The molecule has 2 aromatic rings. The quantitative estimate of drug-likeness (QED) is 0.851. The molecular weight excluding hydrogens is 216 g/mol. The summed E-state index contributed by atoms with van der Waals surface area (Å²) in [5.41, 5.74) is 6.67. The third-order valence-electron chi connectivity index (χ3n) is 2.78. The minimum Gasteiger partial charge on any atom is -0.467 e. The Labute approximate surface area is 101 Å². The maximum Gasteiger partial charge on any atom is 0.150 e. The second kappa shape index (κ2) is 5.14. The number of aryl methyl sites for hydroxylation is 2. The average molecular weight is 234 g/mol. The fourth-order valence-corrected chi connectivity index (χ4v) is 1.79. The van der Waals surface area contributed by atoms with E-state index in [0.717, 1.165) is 35.8 Å². The Morgan fingerprint density at radius 1 is 1.35 bits per heavy atom. The van der Waals surface area contributed by atoms with E-state index in [1.165, 1.54) is 0 Å². The van der Waals surface area contributed by atoms with Gasteiger partial charge < -0.3 is 10.2 Å². The lowest BCUT2D eigenvalue weighted by atomic mass is 10.2. The first-order valence-corrected chi connectivity index (χ1v) is 5.96. The molecule has 0 unspecified atom stereocenters. The number of nitrogens with two attached hydrogens (primary N) is 1. The first kappa shape index (κ1) is 11.9. The van der Waals surface area contributed by atoms with Gasteiger partial charge in [-0.25, -0.2) is 9.67 Å². The lowest BCUT2D eigenvalue weighted by molar-refractivity contribution is 0.468. The molecule has 2 N–H and O–H groups in total. The topological polar surface area (TPSA) is 69.9 Å². The Morgan fingerprint density at radius 2 is 2.18 bits per heavy atom. The van der Waals surface area contributed by atoms with E-state index in [9.17, 15) is 0 Å². The van der Waals surface area contributed by atoms with Gasteiger partial charge in [-0.05, 0) is 6.07 Å². The van der Waals surface area contributed by atoms with Gasteiger partial charge in [-0.15, -0.1) is 0 Å². The molecule has 0 aromatic carbocycles. The van der Waals surface area contributed by atoms with Gasteiger partial charge in [-0.2, -0.15) is 5.10 Å². The predicted molar refractivity (Wildman–Crippen MR) is 64.5 cm³/mol. The normalized spacial score (nSPS) is 11.0. The van der Waals surface area contributed by atoms with E-state index in [1.54, 1.807) is 6.26 Å². The molecule has 0 aliphatic rings. The van der Waals surface area contributed by atoms with Gasteiger partial charge in [-0.1, -0.05) is 13.8 Å². The second-order valence-corrected chi connectivity index (χ2v) is 3.88. The average Bonchev–Trinajstić information content (AvgIpc) is 2.95. The standard InChI is InChI=1S/C12H18N4O/c1-3-11-14-12(4-2)16(15-11)8-10-9(7-13)5-6-17-10/h5-6H,3-4,7-8,13H2,1-2H3. The van der Waals surface area contributed by atoms with Crippen molar-refractivity contribution in [1.29, 1.82) is 0 Å². The molecule has 0 aliphatic heterocycles. The second-order valence-electron chi connectivity index (χ2n) is 3.88. The molecule has 0 spiro atoms. The zero-order valence-electron chi connectivity index (χ0n) is 10.3. The van der Waals surface area contributed by atoms with Crippen molar-refractivity contribution >= 4 is 0 Å². The summed E-state index contributed by atoms with van der Waals surface area (Å²) in [5.74, 6) is 2.73. The van der Waals surface area contributed by atoms with Crippen molar-refractivity contribution in [3.8, 4) is 0 Å². The van der Waals surface area contributed by atoms with Crippen LogP contribution < -0.4 is 5.73 Å². The van der Waals surface area contributed by atoms with Gasteiger partial charge in [-0.3, -0.25) is 0 Å². The smallest absolute Gasteiger partial charge is 0.150 e. The largest absolute Gasteiger partial charge is 0.467 e.